The van der Waals surface area contributed by atoms with Crippen molar-refractivity contribution in [3.63, 3.8) is 0 Å². The third kappa shape index (κ3) is 5.42. The van der Waals surface area contributed by atoms with Crippen LogP contribution in [0.1, 0.15) is 16.7 Å². The Kier molecular flexibility index (Phi) is 8.42. The van der Waals surface area contributed by atoms with Crippen molar-refractivity contribution in [2.24, 2.45) is 4.90 Å². The number of benzene rings is 3. The van der Waals surface area contributed by atoms with Gasteiger partial charge in [0.25, 0.3) is 0 Å². The zero-order valence-electron chi connectivity index (χ0n) is 17.7. The number of thioether (sulfide) groups is 1. The second-order valence-electron chi connectivity index (χ2n) is 7.14. The molecule has 0 spiro atoms. The van der Waals surface area contributed by atoms with Crippen LogP contribution in [0.15, 0.2) is 109 Å². The maximum absolute atomic E-state index is 12.4. The summed E-state index contributed by atoms with van der Waals surface area (Å²) in [4.78, 5) is 18.0. The molecule has 0 heterocycles. The molecule has 0 aliphatic heterocycles. The average Bonchev–Trinajstić information content (AvgIpc) is 2.83. The van der Waals surface area contributed by atoms with Crippen molar-refractivity contribution in [2.45, 2.75) is 4.75 Å². The Morgan fingerprint density at radius 2 is 1.35 bits per heavy atom. The van der Waals surface area contributed by atoms with Crippen molar-refractivity contribution < 1.29 is 4.79 Å². The summed E-state index contributed by atoms with van der Waals surface area (Å²) < 4.78 is -0.386. The molecule has 5 heteroatoms. The van der Waals surface area contributed by atoms with E-state index in [0.717, 1.165) is 5.75 Å². The van der Waals surface area contributed by atoms with Crippen molar-refractivity contribution in [1.29, 1.82) is 0 Å². The van der Waals surface area contributed by atoms with Gasteiger partial charge in [-0.2, -0.15) is 0 Å². The summed E-state index contributed by atoms with van der Waals surface area (Å²) in [6.45, 7) is 5.01. The Hall–Kier alpha value is -2.92. The molecule has 0 aromatic heterocycles. The summed E-state index contributed by atoms with van der Waals surface area (Å²) in [6, 6.07) is 31.7. The molecular formula is C26H27BN2OS. The second kappa shape index (κ2) is 11.5. The number of nitrogens with zero attached hydrogens (tertiary/aromatic N) is 2. The van der Waals surface area contributed by atoms with E-state index in [1.165, 1.54) is 16.7 Å². The van der Waals surface area contributed by atoms with Gasteiger partial charge in [0.1, 0.15) is 0 Å². The predicted molar refractivity (Wildman–Crippen MR) is 133 cm³/mol. The van der Waals surface area contributed by atoms with Gasteiger partial charge in [0.15, 0.2) is 0 Å². The monoisotopic (exact) mass is 426 g/mol. The fourth-order valence-electron chi connectivity index (χ4n) is 3.75. The Morgan fingerprint density at radius 3 is 1.74 bits per heavy atom. The molecule has 1 amide bonds. The van der Waals surface area contributed by atoms with E-state index >= 15 is 0 Å². The van der Waals surface area contributed by atoms with Gasteiger partial charge in [-0.05, 0) is 0 Å². The fourth-order valence-corrected chi connectivity index (χ4v) is 5.27. The molecule has 0 aliphatic rings. The Morgan fingerprint density at radius 1 is 0.903 bits per heavy atom. The zero-order chi connectivity index (χ0) is 21.9. The molecular weight excluding hydrogens is 399 g/mol. The third-order valence-corrected chi connectivity index (χ3v) is 6.70. The van der Waals surface area contributed by atoms with Gasteiger partial charge >= 0.3 is 190 Å². The second-order valence-corrected chi connectivity index (χ2v) is 8.45. The summed E-state index contributed by atoms with van der Waals surface area (Å²) in [7, 11) is 3.45. The van der Waals surface area contributed by atoms with Crippen LogP contribution in [0.25, 0.3) is 0 Å². The van der Waals surface area contributed by atoms with E-state index < -0.39 is 0 Å². The molecule has 0 N–H and O–H groups in total. The number of rotatable bonds is 11. The SMILES string of the molecule is B=NCC(=O)N(CC=C)CCSC(c1ccccc1)(c1ccccc1)c1ccccc1. The molecule has 0 unspecified atom stereocenters. The van der Waals surface area contributed by atoms with Crippen LogP contribution < -0.4 is 0 Å². The molecule has 0 aliphatic carbocycles. The maximum atomic E-state index is 12.4. The normalized spacial score (nSPS) is 10.9. The number of amides is 1. The van der Waals surface area contributed by atoms with E-state index in [0.29, 0.717) is 13.1 Å². The van der Waals surface area contributed by atoms with Gasteiger partial charge < -0.3 is 0 Å². The topological polar surface area (TPSA) is 32.7 Å². The summed E-state index contributed by atoms with van der Waals surface area (Å²) in [5, 5.41) is 0. The van der Waals surface area contributed by atoms with Gasteiger partial charge in [0.2, 0.25) is 0 Å². The number of hydrogen-bond donors (Lipinski definition) is 0. The van der Waals surface area contributed by atoms with Crippen LogP contribution in [0.4, 0.5) is 0 Å². The van der Waals surface area contributed by atoms with Crippen LogP contribution in [0, 0.1) is 0 Å². The molecule has 31 heavy (non-hydrogen) atoms. The molecule has 0 bridgehead atoms. The molecule has 3 rings (SSSR count). The van der Waals surface area contributed by atoms with Crippen LogP contribution >= 0.6 is 11.8 Å². The molecule has 0 fully saturated rings. The van der Waals surface area contributed by atoms with Gasteiger partial charge in [-0.3, -0.25) is 0 Å². The van der Waals surface area contributed by atoms with E-state index in [1.807, 2.05) is 30.0 Å². The molecule has 0 saturated carbocycles. The summed E-state index contributed by atoms with van der Waals surface area (Å²) in [6.07, 6.45) is 1.75. The molecule has 0 saturated heterocycles. The Bertz CT molecular complexity index is 883. The van der Waals surface area contributed by atoms with Crippen molar-refractivity contribution in [3.8, 4) is 0 Å². The zero-order valence-corrected chi connectivity index (χ0v) is 18.5. The van der Waals surface area contributed by atoms with Crippen LogP contribution in [0.2, 0.25) is 0 Å². The molecule has 3 nitrogen and oxygen atoms in total. The number of carbonyl (C=O) groups is 1. The number of carbonyl (C=O) groups excluding carboxylic acids is 1. The number of hydrogen-bond acceptors (Lipinski definition) is 3. The summed E-state index contributed by atoms with van der Waals surface area (Å²) in [5.74, 6) is 0.732. The quantitative estimate of drug-likeness (QED) is 0.250. The fraction of sp³-hybridized carbons (Fsp3) is 0.192. The van der Waals surface area contributed by atoms with E-state index in [4.69, 9.17) is 0 Å². The van der Waals surface area contributed by atoms with Crippen LogP contribution in [-0.2, 0) is 9.54 Å². The van der Waals surface area contributed by atoms with Crippen molar-refractivity contribution in [3.05, 3.63) is 120 Å². The first kappa shape index (κ1) is 22.8. The molecule has 3 aromatic carbocycles. The van der Waals surface area contributed by atoms with Crippen LogP contribution in [0.5, 0.6) is 0 Å². The van der Waals surface area contributed by atoms with Gasteiger partial charge in [-0.25, -0.2) is 0 Å². The summed E-state index contributed by atoms with van der Waals surface area (Å²) >= 11 is 1.84. The minimum atomic E-state index is -0.386. The van der Waals surface area contributed by atoms with Crippen LogP contribution in [-0.4, -0.2) is 43.8 Å². The Labute approximate surface area is 190 Å². The Balaban J connectivity index is 2.01. The molecule has 3 aromatic rings. The van der Waals surface area contributed by atoms with E-state index in [-0.39, 0.29) is 17.2 Å². The first-order chi connectivity index (χ1) is 15.2. The van der Waals surface area contributed by atoms with Crippen LogP contribution in [0.3, 0.4) is 0 Å². The molecule has 156 valence electrons. The molecule has 0 radical (unpaired) electrons. The van der Waals surface area contributed by atoms with E-state index in [2.05, 4.69) is 91.9 Å². The first-order valence-electron chi connectivity index (χ1n) is 10.3. The molecule has 0 atom stereocenters. The van der Waals surface area contributed by atoms with Crippen molar-refractivity contribution in [2.75, 3.05) is 25.4 Å². The summed E-state index contributed by atoms with van der Waals surface area (Å²) in [5.41, 5.74) is 3.64. The van der Waals surface area contributed by atoms with E-state index in [1.54, 1.807) is 11.0 Å². The van der Waals surface area contributed by atoms with E-state index in [9.17, 15) is 4.79 Å². The third-order valence-electron chi connectivity index (χ3n) is 5.17. The predicted octanol–water partition coefficient (Wildman–Crippen LogP) is 4.81. The van der Waals surface area contributed by atoms with Crippen molar-refractivity contribution in [1.82, 2.24) is 4.90 Å². The van der Waals surface area contributed by atoms with Gasteiger partial charge in [-0.1, -0.05) is 0 Å². The average molecular weight is 426 g/mol. The van der Waals surface area contributed by atoms with Gasteiger partial charge in [0, 0.05) is 0 Å². The minimum absolute atomic E-state index is 0.0276. The van der Waals surface area contributed by atoms with Gasteiger partial charge in [-0.15, -0.1) is 0 Å². The van der Waals surface area contributed by atoms with Crippen molar-refractivity contribution >= 4 is 25.3 Å². The first-order valence-corrected chi connectivity index (χ1v) is 11.3. The van der Waals surface area contributed by atoms with Gasteiger partial charge in [0.05, 0.1) is 0 Å². The standard InChI is InChI=1S/C26H27BN2OS/c1-2-18-29(25(30)21-28-27)19-20-31-26(22-12-6-3-7-13-22,23-14-8-4-9-15-23)24-16-10-5-11-17-24/h2-17,27H,1,18-21H2.